The molecule has 1 aromatic carbocycles. The fraction of sp³-hybridized carbons (Fsp3) is 0.312. The normalized spacial score (nSPS) is 19.1. The van der Waals surface area contributed by atoms with Gasteiger partial charge < -0.3 is 5.73 Å². The van der Waals surface area contributed by atoms with Gasteiger partial charge in [-0.1, -0.05) is 29.8 Å². The molecule has 2 heterocycles. The third-order valence-corrected chi connectivity index (χ3v) is 5.40. The number of aromatic nitrogens is 1. The summed E-state index contributed by atoms with van der Waals surface area (Å²) in [4.78, 5) is 6.69. The van der Waals surface area contributed by atoms with Crippen LogP contribution >= 0.6 is 27.5 Å². The summed E-state index contributed by atoms with van der Waals surface area (Å²) in [5.74, 6) is 0. The number of nitrogens with two attached hydrogens (primary N) is 1. The Morgan fingerprint density at radius 3 is 2.81 bits per heavy atom. The van der Waals surface area contributed by atoms with E-state index in [0.717, 1.165) is 34.3 Å². The van der Waals surface area contributed by atoms with E-state index in [0.29, 0.717) is 11.2 Å². The SMILES string of the molecule is CN1CCC[C@H]1c1cnc(Cl)c(Br)c1-c1ccccc1N. The third-order valence-electron chi connectivity index (χ3n) is 4.12. The van der Waals surface area contributed by atoms with Crippen molar-refractivity contribution in [1.82, 2.24) is 9.88 Å². The summed E-state index contributed by atoms with van der Waals surface area (Å²) in [6.07, 6.45) is 4.22. The second-order valence-electron chi connectivity index (χ2n) is 5.42. The summed E-state index contributed by atoms with van der Waals surface area (Å²) in [5, 5.41) is 0.470. The number of halogens is 2. The Bertz CT molecular complexity index is 675. The van der Waals surface area contributed by atoms with Crippen molar-refractivity contribution in [2.24, 2.45) is 0 Å². The molecule has 1 aliphatic heterocycles. The van der Waals surface area contributed by atoms with Crippen LogP contribution in [0.4, 0.5) is 5.69 Å². The lowest BCUT2D eigenvalue weighted by atomic mass is 9.94. The van der Waals surface area contributed by atoms with Gasteiger partial charge in [-0.3, -0.25) is 4.90 Å². The van der Waals surface area contributed by atoms with E-state index < -0.39 is 0 Å². The van der Waals surface area contributed by atoms with Crippen LogP contribution < -0.4 is 5.73 Å². The lowest BCUT2D eigenvalue weighted by Crippen LogP contribution is -2.18. The fourth-order valence-electron chi connectivity index (χ4n) is 3.03. The summed E-state index contributed by atoms with van der Waals surface area (Å²) >= 11 is 9.82. The average Bonchev–Trinajstić information content (AvgIpc) is 2.89. The second-order valence-corrected chi connectivity index (χ2v) is 6.57. The monoisotopic (exact) mass is 365 g/mol. The number of hydrogen-bond acceptors (Lipinski definition) is 3. The maximum absolute atomic E-state index is 6.22. The first-order valence-electron chi connectivity index (χ1n) is 6.98. The van der Waals surface area contributed by atoms with E-state index in [1.54, 1.807) is 0 Å². The van der Waals surface area contributed by atoms with Gasteiger partial charge in [0.1, 0.15) is 5.15 Å². The van der Waals surface area contributed by atoms with Gasteiger partial charge in [0.2, 0.25) is 0 Å². The summed E-state index contributed by atoms with van der Waals surface area (Å²) in [5.41, 5.74) is 10.2. The van der Waals surface area contributed by atoms with E-state index in [2.05, 4.69) is 32.9 Å². The van der Waals surface area contributed by atoms with Crippen molar-refractivity contribution < 1.29 is 0 Å². The van der Waals surface area contributed by atoms with Crippen LogP contribution in [0.25, 0.3) is 11.1 Å². The zero-order valence-electron chi connectivity index (χ0n) is 11.8. The number of pyridine rings is 1. The minimum Gasteiger partial charge on any atom is -0.398 e. The molecular weight excluding hydrogens is 350 g/mol. The lowest BCUT2D eigenvalue weighted by Gasteiger charge is -2.24. The number of likely N-dealkylation sites (tertiary alicyclic amines) is 1. The lowest BCUT2D eigenvalue weighted by molar-refractivity contribution is 0.317. The molecular formula is C16H17BrClN3. The first-order valence-corrected chi connectivity index (χ1v) is 8.15. The number of rotatable bonds is 2. The highest BCUT2D eigenvalue weighted by atomic mass is 79.9. The van der Waals surface area contributed by atoms with Gasteiger partial charge in [-0.2, -0.15) is 0 Å². The molecule has 2 aromatic rings. The molecule has 0 aliphatic carbocycles. The van der Waals surface area contributed by atoms with Crippen molar-refractivity contribution in [3.8, 4) is 11.1 Å². The molecule has 0 spiro atoms. The zero-order valence-corrected chi connectivity index (χ0v) is 14.2. The van der Waals surface area contributed by atoms with Gasteiger partial charge in [-0.15, -0.1) is 0 Å². The maximum atomic E-state index is 6.22. The Morgan fingerprint density at radius 1 is 1.38 bits per heavy atom. The minimum atomic E-state index is 0.362. The van der Waals surface area contributed by atoms with Crippen molar-refractivity contribution in [3.05, 3.63) is 45.7 Å². The van der Waals surface area contributed by atoms with Crippen LogP contribution in [0.5, 0.6) is 0 Å². The summed E-state index contributed by atoms with van der Waals surface area (Å²) < 4.78 is 0.819. The van der Waals surface area contributed by atoms with Crippen molar-refractivity contribution >= 4 is 33.2 Å². The van der Waals surface area contributed by atoms with Gasteiger partial charge in [0.05, 0.1) is 4.47 Å². The van der Waals surface area contributed by atoms with Crippen LogP contribution in [0.2, 0.25) is 5.15 Å². The van der Waals surface area contributed by atoms with Gasteiger partial charge in [0, 0.05) is 29.1 Å². The van der Waals surface area contributed by atoms with Crippen molar-refractivity contribution in [2.45, 2.75) is 18.9 Å². The van der Waals surface area contributed by atoms with E-state index in [1.165, 1.54) is 12.0 Å². The molecule has 1 saturated heterocycles. The van der Waals surface area contributed by atoms with Crippen LogP contribution in [-0.4, -0.2) is 23.5 Å². The molecule has 1 atom stereocenters. The molecule has 2 N–H and O–H groups in total. The fourth-order valence-corrected chi connectivity index (χ4v) is 3.72. The summed E-state index contributed by atoms with van der Waals surface area (Å²) in [6, 6.07) is 8.24. The number of hydrogen-bond donors (Lipinski definition) is 1. The van der Waals surface area contributed by atoms with Gasteiger partial charge in [-0.25, -0.2) is 4.98 Å². The molecule has 1 aliphatic rings. The molecule has 0 unspecified atom stereocenters. The molecule has 3 nitrogen and oxygen atoms in total. The van der Waals surface area contributed by atoms with Gasteiger partial charge in [0.15, 0.2) is 0 Å². The molecule has 5 heteroatoms. The van der Waals surface area contributed by atoms with E-state index in [1.807, 2.05) is 30.5 Å². The Kier molecular flexibility index (Phi) is 4.20. The van der Waals surface area contributed by atoms with Crippen molar-refractivity contribution in [1.29, 1.82) is 0 Å². The Hall–Kier alpha value is -1.10. The topological polar surface area (TPSA) is 42.2 Å². The highest BCUT2D eigenvalue weighted by Crippen LogP contribution is 2.43. The van der Waals surface area contributed by atoms with Crippen LogP contribution in [-0.2, 0) is 0 Å². The number of anilines is 1. The van der Waals surface area contributed by atoms with E-state index in [4.69, 9.17) is 17.3 Å². The predicted octanol–water partition coefficient (Wildman–Crippen LogP) is 4.51. The van der Waals surface area contributed by atoms with E-state index in [9.17, 15) is 0 Å². The quantitative estimate of drug-likeness (QED) is 0.628. The van der Waals surface area contributed by atoms with Crippen molar-refractivity contribution in [2.75, 3.05) is 19.3 Å². The Balaban J connectivity index is 2.22. The molecule has 1 aromatic heterocycles. The maximum Gasteiger partial charge on any atom is 0.143 e. The molecule has 110 valence electrons. The first-order chi connectivity index (χ1) is 10.1. The summed E-state index contributed by atoms with van der Waals surface area (Å²) in [6.45, 7) is 1.11. The van der Waals surface area contributed by atoms with Crippen LogP contribution in [0.15, 0.2) is 34.9 Å². The van der Waals surface area contributed by atoms with Crippen molar-refractivity contribution in [3.63, 3.8) is 0 Å². The minimum absolute atomic E-state index is 0.362. The molecule has 3 rings (SSSR count). The van der Waals surface area contributed by atoms with Gasteiger partial charge in [0.25, 0.3) is 0 Å². The number of nitrogen functional groups attached to an aromatic ring is 1. The zero-order chi connectivity index (χ0) is 15.0. The standard InChI is InChI=1S/C16H17BrClN3/c1-21-8-4-7-13(21)11-9-20-16(18)15(17)14(11)10-5-2-3-6-12(10)19/h2-3,5-6,9,13H,4,7-8,19H2,1H3/t13-/m0/s1. The molecule has 0 bridgehead atoms. The van der Waals surface area contributed by atoms with Crippen LogP contribution in [0.3, 0.4) is 0 Å². The highest BCUT2D eigenvalue weighted by molar-refractivity contribution is 9.10. The summed E-state index contributed by atoms with van der Waals surface area (Å²) in [7, 11) is 2.15. The third kappa shape index (κ3) is 2.68. The molecule has 1 fully saturated rings. The Labute approximate surface area is 138 Å². The largest absolute Gasteiger partial charge is 0.398 e. The highest BCUT2D eigenvalue weighted by Gasteiger charge is 2.27. The molecule has 0 saturated carbocycles. The van der Waals surface area contributed by atoms with Gasteiger partial charge in [-0.05, 0) is 54.0 Å². The average molecular weight is 367 g/mol. The number of para-hydroxylation sites is 1. The van der Waals surface area contributed by atoms with Crippen LogP contribution in [0, 0.1) is 0 Å². The molecule has 21 heavy (non-hydrogen) atoms. The molecule has 0 radical (unpaired) electrons. The van der Waals surface area contributed by atoms with Crippen LogP contribution in [0.1, 0.15) is 24.4 Å². The smallest absolute Gasteiger partial charge is 0.143 e. The number of benzene rings is 1. The number of nitrogens with zero attached hydrogens (tertiary/aromatic N) is 2. The van der Waals surface area contributed by atoms with E-state index >= 15 is 0 Å². The van der Waals surface area contributed by atoms with Gasteiger partial charge >= 0.3 is 0 Å². The van der Waals surface area contributed by atoms with E-state index in [-0.39, 0.29) is 0 Å². The second kappa shape index (κ2) is 5.95. The Morgan fingerprint density at radius 2 is 2.14 bits per heavy atom. The molecule has 0 amide bonds. The first kappa shape index (κ1) is 14.8. The predicted molar refractivity (Wildman–Crippen MR) is 91.4 cm³/mol.